The minimum atomic E-state index is -4.40. The molecule has 0 spiro atoms. The van der Waals surface area contributed by atoms with Gasteiger partial charge in [-0.25, -0.2) is 4.98 Å². The number of halogens is 3. The standard InChI is InChI=1S/C10H15F3N4OS/c1-14-9(15-3-4-18-2)16-5-8-17-7(6-19-8)10(11,12)13/h6H,3-5H2,1-2H3,(H2,14,15,16). The van der Waals surface area contributed by atoms with Crippen molar-refractivity contribution in [3.63, 3.8) is 0 Å². The molecule has 5 nitrogen and oxygen atoms in total. The third kappa shape index (κ3) is 5.43. The van der Waals surface area contributed by atoms with Crippen LogP contribution >= 0.6 is 11.3 Å². The fourth-order valence-corrected chi connectivity index (χ4v) is 1.91. The zero-order valence-corrected chi connectivity index (χ0v) is 11.4. The Kier molecular flexibility index (Phi) is 6.03. The van der Waals surface area contributed by atoms with Crippen LogP contribution in [-0.2, 0) is 17.5 Å². The lowest BCUT2D eigenvalue weighted by Crippen LogP contribution is -2.38. The topological polar surface area (TPSA) is 58.5 Å². The monoisotopic (exact) mass is 296 g/mol. The van der Waals surface area contributed by atoms with Crippen LogP contribution in [0.2, 0.25) is 0 Å². The van der Waals surface area contributed by atoms with Crippen LogP contribution in [0.3, 0.4) is 0 Å². The van der Waals surface area contributed by atoms with E-state index in [0.717, 1.165) is 16.7 Å². The highest BCUT2D eigenvalue weighted by molar-refractivity contribution is 7.09. The number of alkyl halides is 3. The van der Waals surface area contributed by atoms with Crippen LogP contribution in [0.25, 0.3) is 0 Å². The Morgan fingerprint density at radius 2 is 2.21 bits per heavy atom. The molecule has 0 fully saturated rings. The number of hydrogen-bond acceptors (Lipinski definition) is 4. The average molecular weight is 296 g/mol. The second-order valence-electron chi connectivity index (χ2n) is 3.47. The molecule has 0 aromatic carbocycles. The summed E-state index contributed by atoms with van der Waals surface area (Å²) in [6.45, 7) is 1.26. The zero-order chi connectivity index (χ0) is 14.3. The maximum Gasteiger partial charge on any atom is 0.434 e. The molecular weight excluding hydrogens is 281 g/mol. The van der Waals surface area contributed by atoms with Crippen molar-refractivity contribution in [2.45, 2.75) is 12.7 Å². The SMILES string of the molecule is CN=C(NCCOC)NCc1nc(C(F)(F)F)cs1. The molecule has 1 aromatic heterocycles. The molecule has 19 heavy (non-hydrogen) atoms. The van der Waals surface area contributed by atoms with Gasteiger partial charge in [0, 0.05) is 26.1 Å². The number of ether oxygens (including phenoxy) is 1. The van der Waals surface area contributed by atoms with E-state index in [-0.39, 0.29) is 6.54 Å². The average Bonchev–Trinajstić information content (AvgIpc) is 2.82. The number of hydrogen-bond donors (Lipinski definition) is 2. The molecule has 0 radical (unpaired) electrons. The first-order chi connectivity index (χ1) is 8.97. The summed E-state index contributed by atoms with van der Waals surface area (Å²) in [7, 11) is 3.15. The highest BCUT2D eigenvalue weighted by Crippen LogP contribution is 2.29. The molecule has 2 N–H and O–H groups in total. The zero-order valence-electron chi connectivity index (χ0n) is 10.5. The van der Waals surface area contributed by atoms with Crippen LogP contribution in [0.5, 0.6) is 0 Å². The van der Waals surface area contributed by atoms with E-state index >= 15 is 0 Å². The van der Waals surface area contributed by atoms with Crippen molar-refractivity contribution >= 4 is 17.3 Å². The van der Waals surface area contributed by atoms with Gasteiger partial charge in [-0.2, -0.15) is 13.2 Å². The Balaban J connectivity index is 2.45. The lowest BCUT2D eigenvalue weighted by atomic mass is 10.5. The van der Waals surface area contributed by atoms with Crippen molar-refractivity contribution in [3.8, 4) is 0 Å². The maximum atomic E-state index is 12.3. The molecule has 1 heterocycles. The van der Waals surface area contributed by atoms with Gasteiger partial charge >= 0.3 is 6.18 Å². The van der Waals surface area contributed by atoms with Gasteiger partial charge in [-0.15, -0.1) is 11.3 Å². The molecule has 0 saturated heterocycles. The van der Waals surface area contributed by atoms with Crippen LogP contribution in [0.4, 0.5) is 13.2 Å². The first-order valence-electron chi connectivity index (χ1n) is 5.42. The van der Waals surface area contributed by atoms with Crippen LogP contribution < -0.4 is 10.6 Å². The molecule has 0 aliphatic rings. The first kappa shape index (κ1) is 15.7. The molecule has 0 atom stereocenters. The second-order valence-corrected chi connectivity index (χ2v) is 4.41. The summed E-state index contributed by atoms with van der Waals surface area (Å²) in [5.74, 6) is 0.487. The minimum Gasteiger partial charge on any atom is -0.383 e. The maximum absolute atomic E-state index is 12.3. The van der Waals surface area contributed by atoms with E-state index in [1.807, 2.05) is 0 Å². The van der Waals surface area contributed by atoms with Gasteiger partial charge in [-0.1, -0.05) is 0 Å². The Hall–Kier alpha value is -1.35. The van der Waals surface area contributed by atoms with E-state index in [2.05, 4.69) is 20.6 Å². The quantitative estimate of drug-likeness (QED) is 0.491. The summed E-state index contributed by atoms with van der Waals surface area (Å²) in [4.78, 5) is 7.43. The van der Waals surface area contributed by atoms with Crippen molar-refractivity contribution in [1.29, 1.82) is 0 Å². The summed E-state index contributed by atoms with van der Waals surface area (Å²) >= 11 is 0.956. The van der Waals surface area contributed by atoms with Gasteiger partial charge in [0.05, 0.1) is 13.2 Å². The summed E-state index contributed by atoms with van der Waals surface area (Å²) in [5, 5.41) is 7.17. The van der Waals surface area contributed by atoms with Gasteiger partial charge in [0.15, 0.2) is 11.7 Å². The first-order valence-corrected chi connectivity index (χ1v) is 6.30. The molecule has 9 heteroatoms. The molecule has 0 bridgehead atoms. The summed E-state index contributed by atoms with van der Waals surface area (Å²) < 4.78 is 41.9. The van der Waals surface area contributed by atoms with E-state index in [4.69, 9.17) is 4.74 Å². The molecule has 0 aliphatic heterocycles. The summed E-state index contributed by atoms with van der Waals surface area (Å²) in [5.41, 5.74) is -0.864. The Morgan fingerprint density at radius 1 is 1.47 bits per heavy atom. The molecule has 1 aromatic rings. The molecular formula is C10H15F3N4OS. The Morgan fingerprint density at radius 3 is 2.74 bits per heavy atom. The number of guanidine groups is 1. The van der Waals surface area contributed by atoms with E-state index in [0.29, 0.717) is 24.1 Å². The number of aliphatic imine (C=N–C) groups is 1. The van der Waals surface area contributed by atoms with Crippen molar-refractivity contribution in [1.82, 2.24) is 15.6 Å². The van der Waals surface area contributed by atoms with Crippen LogP contribution in [0, 0.1) is 0 Å². The van der Waals surface area contributed by atoms with Gasteiger partial charge in [-0.05, 0) is 0 Å². The lowest BCUT2D eigenvalue weighted by Gasteiger charge is -2.10. The van der Waals surface area contributed by atoms with E-state index in [1.54, 1.807) is 14.2 Å². The fourth-order valence-electron chi connectivity index (χ4n) is 1.17. The minimum absolute atomic E-state index is 0.188. The van der Waals surface area contributed by atoms with Crippen LogP contribution in [-0.4, -0.2) is 38.3 Å². The third-order valence-electron chi connectivity index (χ3n) is 2.07. The number of nitrogens with zero attached hydrogens (tertiary/aromatic N) is 2. The number of thiazole rings is 1. The van der Waals surface area contributed by atoms with Crippen molar-refractivity contribution in [2.24, 2.45) is 4.99 Å². The summed E-state index contributed by atoms with van der Waals surface area (Å²) in [6, 6.07) is 0. The van der Waals surface area contributed by atoms with E-state index in [1.165, 1.54) is 0 Å². The highest BCUT2D eigenvalue weighted by Gasteiger charge is 2.33. The van der Waals surface area contributed by atoms with E-state index in [9.17, 15) is 13.2 Å². The van der Waals surface area contributed by atoms with Crippen LogP contribution in [0.15, 0.2) is 10.4 Å². The molecule has 0 aliphatic carbocycles. The van der Waals surface area contributed by atoms with Crippen molar-refractivity contribution in [3.05, 3.63) is 16.1 Å². The van der Waals surface area contributed by atoms with Gasteiger partial charge in [0.2, 0.25) is 0 Å². The second kappa shape index (κ2) is 7.29. The third-order valence-corrected chi connectivity index (χ3v) is 2.92. The predicted octanol–water partition coefficient (Wildman–Crippen LogP) is 1.47. The number of methoxy groups -OCH3 is 1. The van der Waals surface area contributed by atoms with Crippen LogP contribution in [0.1, 0.15) is 10.7 Å². The van der Waals surface area contributed by atoms with Gasteiger partial charge in [0.25, 0.3) is 0 Å². The Bertz CT molecular complexity index is 419. The Labute approximate surface area is 112 Å². The largest absolute Gasteiger partial charge is 0.434 e. The molecule has 108 valence electrons. The smallest absolute Gasteiger partial charge is 0.383 e. The van der Waals surface area contributed by atoms with Crippen molar-refractivity contribution < 1.29 is 17.9 Å². The van der Waals surface area contributed by atoms with Gasteiger partial charge in [0.1, 0.15) is 5.01 Å². The predicted molar refractivity (Wildman–Crippen MR) is 67.2 cm³/mol. The number of nitrogens with one attached hydrogen (secondary N) is 2. The lowest BCUT2D eigenvalue weighted by molar-refractivity contribution is -0.140. The number of rotatable bonds is 5. The number of aromatic nitrogens is 1. The summed E-state index contributed by atoms with van der Waals surface area (Å²) in [6.07, 6.45) is -4.40. The molecule has 1 rings (SSSR count). The molecule has 0 amide bonds. The van der Waals surface area contributed by atoms with Crippen molar-refractivity contribution in [2.75, 3.05) is 27.3 Å². The van der Waals surface area contributed by atoms with E-state index < -0.39 is 11.9 Å². The highest BCUT2D eigenvalue weighted by atomic mass is 32.1. The van der Waals surface area contributed by atoms with Gasteiger partial charge < -0.3 is 15.4 Å². The molecule has 0 unspecified atom stereocenters. The molecule has 0 saturated carbocycles. The normalized spacial score (nSPS) is 12.6. The van der Waals surface area contributed by atoms with Gasteiger partial charge in [-0.3, -0.25) is 4.99 Å². The fraction of sp³-hybridized carbons (Fsp3) is 0.600.